The molecule has 0 N–H and O–H groups in total. The van der Waals surface area contributed by atoms with E-state index in [-0.39, 0.29) is 43.5 Å². The molecule has 326 valence electrons. The van der Waals surface area contributed by atoms with Gasteiger partial charge in [0.2, 0.25) is 10.0 Å². The Balaban J connectivity index is 1.14. The summed E-state index contributed by atoms with van der Waals surface area (Å²) in [5, 5.41) is 5.80. The van der Waals surface area contributed by atoms with Gasteiger partial charge < -0.3 is 14.2 Å². The zero-order valence-electron chi connectivity index (χ0n) is 35.7. The predicted octanol–water partition coefficient (Wildman–Crippen LogP) is 12.7. The van der Waals surface area contributed by atoms with E-state index in [9.17, 15) is 8.42 Å². The molecule has 2 aromatic heterocycles. The highest BCUT2D eigenvalue weighted by molar-refractivity contribution is 7.92. The number of rotatable bonds is 19. The fourth-order valence-electron chi connectivity index (χ4n) is 7.72. The molecule has 11 heteroatoms. The van der Waals surface area contributed by atoms with Gasteiger partial charge in [-0.2, -0.15) is 0 Å². The highest BCUT2D eigenvalue weighted by Gasteiger charge is 2.40. The van der Waals surface area contributed by atoms with Gasteiger partial charge in [-0.05, 0) is 64.7 Å². The number of ketones is 1. The summed E-state index contributed by atoms with van der Waals surface area (Å²) in [6.45, 7) is 2.17. The van der Waals surface area contributed by atoms with Crippen LogP contribution in [0.3, 0.4) is 0 Å². The summed E-state index contributed by atoms with van der Waals surface area (Å²) < 4.78 is 53.5. The van der Waals surface area contributed by atoms with Crippen LogP contribution in [0.2, 0.25) is 0 Å². The van der Waals surface area contributed by atoms with E-state index in [4.69, 9.17) is 14.2 Å². The van der Waals surface area contributed by atoms with Crippen molar-refractivity contribution < 1.29 is 27.4 Å². The van der Waals surface area contributed by atoms with E-state index in [2.05, 4.69) is 12.1 Å². The zero-order chi connectivity index (χ0) is 44.6. The Hall–Kier alpha value is -6.76. The van der Waals surface area contributed by atoms with E-state index in [1.54, 1.807) is 53.0 Å². The van der Waals surface area contributed by atoms with E-state index in [1.807, 2.05) is 168 Å². The first-order chi connectivity index (χ1) is 31.7. The van der Waals surface area contributed by atoms with Crippen molar-refractivity contribution in [1.82, 2.24) is 4.90 Å². The number of benzene rings is 7. The average molecular weight is 915 g/mol. The number of thiophene rings is 2. The summed E-state index contributed by atoms with van der Waals surface area (Å²) in [6, 6.07) is 59.2. The first-order valence-electron chi connectivity index (χ1n) is 21.2. The number of carbonyl (C=O) groups is 1. The molecule has 0 saturated carbocycles. The van der Waals surface area contributed by atoms with Crippen molar-refractivity contribution in [2.24, 2.45) is 0 Å². The molecule has 0 spiro atoms. The van der Waals surface area contributed by atoms with Crippen molar-refractivity contribution in [1.29, 1.82) is 0 Å². The minimum atomic E-state index is -4.06. The maximum absolute atomic E-state index is 15.1. The molecule has 9 rings (SSSR count). The fourth-order valence-corrected chi connectivity index (χ4v) is 11.0. The number of hydrogen-bond donors (Lipinski definition) is 0. The van der Waals surface area contributed by atoms with Crippen LogP contribution in [0.1, 0.15) is 39.5 Å². The Morgan fingerprint density at radius 3 is 1.58 bits per heavy atom. The van der Waals surface area contributed by atoms with E-state index < -0.39 is 15.9 Å². The molecule has 0 bridgehead atoms. The molecule has 65 heavy (non-hydrogen) atoms. The largest absolute Gasteiger partial charge is 0.487 e. The summed E-state index contributed by atoms with van der Waals surface area (Å²) in [5.41, 5.74) is 3.81. The van der Waals surface area contributed by atoms with Crippen LogP contribution >= 0.6 is 22.7 Å². The lowest BCUT2D eigenvalue weighted by molar-refractivity contribution is -0.209. The van der Waals surface area contributed by atoms with Crippen LogP contribution in [0.4, 0.5) is 5.69 Å². The monoisotopic (exact) mass is 914 g/mol. The molecule has 7 aromatic carbocycles. The molecular formula is C54H46N2O6S3. The summed E-state index contributed by atoms with van der Waals surface area (Å²) in [6.07, 6.45) is 0. The maximum atomic E-state index is 15.1. The van der Waals surface area contributed by atoms with Crippen molar-refractivity contribution in [3.63, 3.8) is 0 Å². The van der Waals surface area contributed by atoms with Gasteiger partial charge in [0.15, 0.2) is 5.78 Å². The molecule has 8 nitrogen and oxygen atoms in total. The van der Waals surface area contributed by atoms with Gasteiger partial charge in [0.1, 0.15) is 23.9 Å². The van der Waals surface area contributed by atoms with E-state index in [1.165, 1.54) is 4.31 Å². The van der Waals surface area contributed by atoms with Crippen LogP contribution < -0.4 is 18.5 Å². The molecule has 0 fully saturated rings. The van der Waals surface area contributed by atoms with Crippen LogP contribution in [0.5, 0.6) is 17.2 Å². The molecule has 0 saturated heterocycles. The van der Waals surface area contributed by atoms with Crippen LogP contribution in [0.25, 0.3) is 20.2 Å². The molecule has 0 atom stereocenters. The summed E-state index contributed by atoms with van der Waals surface area (Å²) in [4.78, 5) is 17.0. The molecule has 0 amide bonds. The van der Waals surface area contributed by atoms with Crippen molar-refractivity contribution >= 4 is 64.3 Å². The summed E-state index contributed by atoms with van der Waals surface area (Å²) >= 11 is 3.15. The standard InChI is InChI=1S/C54H46N2O6S3/c1-54(61-50-37-63-52-28-16-14-26-45(50)52,62-51-38-64-53-29-17-15-27-46(51)53)55(33-40-18-6-2-7-19-40)35-48(57)44-30-31-49(60-36-42-22-10-4-11-23-42)47(32-44)56(34-41-20-8-3-9-21-41)65(58,59)39-43-24-12-5-13-25-43/h2-32,37-38H,33-36,39H2,1H3. The van der Waals surface area contributed by atoms with Gasteiger partial charge in [0.05, 0.1) is 24.5 Å². The van der Waals surface area contributed by atoms with Crippen LogP contribution in [0.15, 0.2) is 199 Å². The number of sulfonamides is 1. The van der Waals surface area contributed by atoms with Gasteiger partial charge in [0.25, 0.3) is 0 Å². The second kappa shape index (κ2) is 19.5. The third kappa shape index (κ3) is 10.3. The topological polar surface area (TPSA) is 85.4 Å². The Morgan fingerprint density at radius 2 is 1.03 bits per heavy atom. The molecule has 2 heterocycles. The number of hydrogen-bond acceptors (Lipinski definition) is 9. The van der Waals surface area contributed by atoms with Crippen molar-refractivity contribution in [3.05, 3.63) is 227 Å². The number of Topliss-reactive ketones (excluding diaryl/α,β-unsaturated/α-hetero) is 1. The zero-order valence-corrected chi connectivity index (χ0v) is 38.1. The highest BCUT2D eigenvalue weighted by atomic mass is 32.2. The lowest BCUT2D eigenvalue weighted by Gasteiger charge is -2.40. The quantitative estimate of drug-likeness (QED) is 0.0590. The Bertz CT molecular complexity index is 3050. The molecule has 9 aromatic rings. The molecule has 0 aliphatic carbocycles. The molecule has 0 radical (unpaired) electrons. The van der Waals surface area contributed by atoms with Gasteiger partial charge in [-0.1, -0.05) is 146 Å². The Morgan fingerprint density at radius 1 is 0.554 bits per heavy atom. The predicted molar refractivity (Wildman–Crippen MR) is 263 cm³/mol. The van der Waals surface area contributed by atoms with Gasteiger partial charge >= 0.3 is 5.91 Å². The lowest BCUT2D eigenvalue weighted by Crippen LogP contribution is -2.56. The Labute approximate surface area is 387 Å². The number of anilines is 1. The van der Waals surface area contributed by atoms with Gasteiger partial charge in [0, 0.05) is 50.0 Å². The lowest BCUT2D eigenvalue weighted by atomic mass is 10.1. The number of nitrogens with zero attached hydrogens (tertiary/aromatic N) is 2. The molecule has 0 aliphatic rings. The SMILES string of the molecule is CC(Oc1csc2ccccc12)(Oc1csc2ccccc12)N(CC(=O)c1ccc(OCc2ccccc2)c(N(Cc2ccccc2)S(=O)(=O)Cc2ccccc2)c1)Cc1ccccc1. The summed E-state index contributed by atoms with van der Waals surface area (Å²) in [5.74, 6) is -0.492. The van der Waals surface area contributed by atoms with Crippen molar-refractivity contribution in [2.45, 2.75) is 38.3 Å². The van der Waals surface area contributed by atoms with E-state index in [0.717, 1.165) is 36.9 Å². The normalized spacial score (nSPS) is 11.8. The third-order valence-electron chi connectivity index (χ3n) is 11.1. The average Bonchev–Trinajstić information content (AvgIpc) is 3.94. The molecular weight excluding hydrogens is 869 g/mol. The van der Waals surface area contributed by atoms with Crippen LogP contribution in [-0.4, -0.2) is 31.6 Å². The van der Waals surface area contributed by atoms with Crippen molar-refractivity contribution in [3.8, 4) is 17.2 Å². The highest BCUT2D eigenvalue weighted by Crippen LogP contribution is 2.40. The third-order valence-corrected chi connectivity index (χ3v) is 14.7. The fraction of sp³-hybridized carbons (Fsp3) is 0.130. The number of ether oxygens (including phenoxy) is 3. The smallest absolute Gasteiger partial charge is 0.313 e. The van der Waals surface area contributed by atoms with Crippen LogP contribution in [-0.2, 0) is 35.5 Å². The molecule has 0 unspecified atom stereocenters. The van der Waals surface area contributed by atoms with E-state index >= 15 is 4.79 Å². The molecule has 0 aliphatic heterocycles. The Kier molecular flexibility index (Phi) is 13.1. The second-order valence-electron chi connectivity index (χ2n) is 15.7. The first-order valence-corrected chi connectivity index (χ1v) is 24.6. The van der Waals surface area contributed by atoms with Crippen molar-refractivity contribution in [2.75, 3.05) is 10.8 Å². The van der Waals surface area contributed by atoms with Gasteiger partial charge in [-0.15, -0.1) is 22.7 Å². The van der Waals surface area contributed by atoms with E-state index in [0.29, 0.717) is 28.4 Å². The minimum absolute atomic E-state index is 0.0123. The second-order valence-corrected chi connectivity index (χ2v) is 19.5. The van der Waals surface area contributed by atoms with Gasteiger partial charge in [-0.3, -0.25) is 9.10 Å². The first kappa shape index (κ1) is 43.5. The number of fused-ring (bicyclic) bond motifs is 2. The van der Waals surface area contributed by atoms with Crippen LogP contribution in [0, 0.1) is 0 Å². The van der Waals surface area contributed by atoms with Gasteiger partial charge in [-0.25, -0.2) is 13.3 Å². The minimum Gasteiger partial charge on any atom is -0.487 e. The number of carbonyl (C=O) groups excluding carboxylic acids is 1. The summed E-state index contributed by atoms with van der Waals surface area (Å²) in [7, 11) is -4.06. The maximum Gasteiger partial charge on any atom is 0.313 e.